The number of rotatable bonds is 7. The number of para-hydroxylation sites is 1. The van der Waals surface area contributed by atoms with E-state index in [0.717, 1.165) is 31.2 Å². The highest BCUT2D eigenvalue weighted by Crippen LogP contribution is 2.32. The molecule has 2 N–H and O–H groups in total. The van der Waals surface area contributed by atoms with Gasteiger partial charge >= 0.3 is 0 Å². The van der Waals surface area contributed by atoms with Crippen molar-refractivity contribution in [2.24, 2.45) is 5.92 Å². The average molecular weight is 456 g/mol. The standard InChI is InChI=1S/C24H29N3O4S/c28-23(19-8-2-1-3-9-19)25-14-15-26-24(29)20-10-6-11-21(17-20)32(30,31)27-16-13-18-7-4-5-12-22(18)27/h4-7,10-12,17,19H,1-3,8-9,13-16H2,(H,25,28)(H,26,29). The van der Waals surface area contributed by atoms with E-state index in [0.29, 0.717) is 25.2 Å². The van der Waals surface area contributed by atoms with Crippen LogP contribution >= 0.6 is 0 Å². The number of carbonyl (C=O) groups excluding carboxylic acids is 2. The second-order valence-electron chi connectivity index (χ2n) is 8.37. The Labute approximate surface area is 189 Å². The highest BCUT2D eigenvalue weighted by atomic mass is 32.2. The van der Waals surface area contributed by atoms with E-state index in [1.807, 2.05) is 18.2 Å². The van der Waals surface area contributed by atoms with Gasteiger partial charge in [0.25, 0.3) is 15.9 Å². The Balaban J connectivity index is 1.35. The highest BCUT2D eigenvalue weighted by molar-refractivity contribution is 7.92. The van der Waals surface area contributed by atoms with Crippen LogP contribution in [0.25, 0.3) is 0 Å². The summed E-state index contributed by atoms with van der Waals surface area (Å²) in [4.78, 5) is 24.8. The smallest absolute Gasteiger partial charge is 0.264 e. The summed E-state index contributed by atoms with van der Waals surface area (Å²) >= 11 is 0. The van der Waals surface area contributed by atoms with Crippen LogP contribution in [0.5, 0.6) is 0 Å². The van der Waals surface area contributed by atoms with Gasteiger partial charge in [-0.1, -0.05) is 43.5 Å². The minimum atomic E-state index is -3.76. The fourth-order valence-electron chi connectivity index (χ4n) is 4.46. The molecule has 0 bridgehead atoms. The molecule has 0 aromatic heterocycles. The lowest BCUT2D eigenvalue weighted by Gasteiger charge is -2.20. The van der Waals surface area contributed by atoms with Crippen molar-refractivity contribution in [1.82, 2.24) is 10.6 Å². The first-order valence-corrected chi connectivity index (χ1v) is 12.7. The van der Waals surface area contributed by atoms with Gasteiger partial charge in [0.15, 0.2) is 0 Å². The molecule has 8 heteroatoms. The van der Waals surface area contributed by atoms with Crippen molar-refractivity contribution in [3.8, 4) is 0 Å². The summed E-state index contributed by atoms with van der Waals surface area (Å²) in [5, 5.41) is 5.64. The van der Waals surface area contributed by atoms with Crippen LogP contribution in [0.3, 0.4) is 0 Å². The number of nitrogens with one attached hydrogen (secondary N) is 2. The maximum absolute atomic E-state index is 13.2. The molecule has 0 radical (unpaired) electrons. The molecule has 0 saturated heterocycles. The largest absolute Gasteiger partial charge is 0.354 e. The van der Waals surface area contributed by atoms with Crippen LogP contribution in [0.2, 0.25) is 0 Å². The van der Waals surface area contributed by atoms with Gasteiger partial charge in [-0.25, -0.2) is 8.42 Å². The third-order valence-electron chi connectivity index (χ3n) is 6.21. The van der Waals surface area contributed by atoms with Crippen LogP contribution in [-0.4, -0.2) is 39.9 Å². The molecular weight excluding hydrogens is 426 g/mol. The molecule has 2 aliphatic rings. The summed E-state index contributed by atoms with van der Waals surface area (Å²) in [6.45, 7) is 1.02. The number of sulfonamides is 1. The van der Waals surface area contributed by atoms with Crippen molar-refractivity contribution in [3.05, 3.63) is 59.7 Å². The maximum Gasteiger partial charge on any atom is 0.264 e. The topological polar surface area (TPSA) is 95.6 Å². The Kier molecular flexibility index (Phi) is 6.79. The van der Waals surface area contributed by atoms with Crippen LogP contribution in [-0.2, 0) is 21.2 Å². The van der Waals surface area contributed by atoms with E-state index in [1.165, 1.54) is 22.9 Å². The van der Waals surface area contributed by atoms with Crippen molar-refractivity contribution in [3.63, 3.8) is 0 Å². The van der Waals surface area contributed by atoms with Crippen molar-refractivity contribution in [2.75, 3.05) is 23.9 Å². The van der Waals surface area contributed by atoms with Crippen LogP contribution in [0.4, 0.5) is 5.69 Å². The zero-order valence-electron chi connectivity index (χ0n) is 18.0. The van der Waals surface area contributed by atoms with E-state index in [4.69, 9.17) is 0 Å². The Morgan fingerprint density at radius 2 is 1.69 bits per heavy atom. The summed E-state index contributed by atoms with van der Waals surface area (Å²) in [5.74, 6) is -0.231. The molecule has 170 valence electrons. The molecule has 4 rings (SSSR count). The van der Waals surface area contributed by atoms with Crippen LogP contribution in [0, 0.1) is 5.92 Å². The van der Waals surface area contributed by atoms with Crippen LogP contribution < -0.4 is 14.9 Å². The van der Waals surface area contributed by atoms with Crippen LogP contribution in [0.15, 0.2) is 53.4 Å². The van der Waals surface area contributed by atoms with Gasteiger partial charge in [0, 0.05) is 31.1 Å². The van der Waals surface area contributed by atoms with Gasteiger partial charge < -0.3 is 10.6 Å². The number of fused-ring (bicyclic) bond motifs is 1. The van der Waals surface area contributed by atoms with Gasteiger partial charge in [-0.05, 0) is 49.1 Å². The predicted molar refractivity (Wildman–Crippen MR) is 123 cm³/mol. The van der Waals surface area contributed by atoms with E-state index in [2.05, 4.69) is 10.6 Å². The first-order valence-electron chi connectivity index (χ1n) is 11.2. The number of amides is 2. The van der Waals surface area contributed by atoms with Gasteiger partial charge in [-0.3, -0.25) is 13.9 Å². The molecule has 32 heavy (non-hydrogen) atoms. The van der Waals surface area contributed by atoms with Gasteiger partial charge in [-0.2, -0.15) is 0 Å². The van der Waals surface area contributed by atoms with E-state index >= 15 is 0 Å². The molecule has 1 heterocycles. The van der Waals surface area contributed by atoms with Crippen molar-refractivity contribution in [2.45, 2.75) is 43.4 Å². The lowest BCUT2D eigenvalue weighted by atomic mass is 9.89. The van der Waals surface area contributed by atoms with E-state index in [1.54, 1.807) is 18.2 Å². The minimum Gasteiger partial charge on any atom is -0.354 e. The zero-order chi connectivity index (χ0) is 22.6. The minimum absolute atomic E-state index is 0.0536. The summed E-state index contributed by atoms with van der Waals surface area (Å²) in [7, 11) is -3.76. The molecule has 1 aliphatic carbocycles. The van der Waals surface area contributed by atoms with E-state index < -0.39 is 10.0 Å². The molecule has 0 atom stereocenters. The molecular formula is C24H29N3O4S. The van der Waals surface area contributed by atoms with Gasteiger partial charge in [0.05, 0.1) is 10.6 Å². The predicted octanol–water partition coefficient (Wildman–Crippen LogP) is 2.86. The average Bonchev–Trinajstić information content (AvgIpc) is 3.27. The molecule has 2 aromatic carbocycles. The number of hydrogen-bond donors (Lipinski definition) is 2. The Morgan fingerprint density at radius 1 is 0.938 bits per heavy atom. The third kappa shape index (κ3) is 4.80. The van der Waals surface area contributed by atoms with Gasteiger partial charge in [0.1, 0.15) is 0 Å². The fourth-order valence-corrected chi connectivity index (χ4v) is 6.01. The first kappa shape index (κ1) is 22.3. The molecule has 2 amide bonds. The van der Waals surface area contributed by atoms with E-state index in [9.17, 15) is 18.0 Å². The molecule has 1 aliphatic heterocycles. The molecule has 7 nitrogen and oxygen atoms in total. The SMILES string of the molecule is O=C(NCCNC(=O)C1CCCCC1)c1cccc(S(=O)(=O)N2CCc3ccccc32)c1. The second kappa shape index (κ2) is 9.73. The lowest BCUT2D eigenvalue weighted by molar-refractivity contribution is -0.125. The third-order valence-corrected chi connectivity index (χ3v) is 8.02. The summed E-state index contributed by atoms with van der Waals surface area (Å²) in [5.41, 5.74) is 1.97. The normalized spacial score (nSPS) is 16.4. The first-order chi connectivity index (χ1) is 15.5. The molecule has 2 aromatic rings. The Morgan fingerprint density at radius 3 is 2.50 bits per heavy atom. The van der Waals surface area contributed by atoms with Gasteiger partial charge in [0.2, 0.25) is 5.91 Å². The quantitative estimate of drug-likeness (QED) is 0.628. The molecule has 0 spiro atoms. The lowest BCUT2D eigenvalue weighted by Crippen LogP contribution is -2.38. The molecule has 1 fully saturated rings. The number of carbonyl (C=O) groups is 2. The summed E-state index contributed by atoms with van der Waals surface area (Å²) in [6.07, 6.45) is 5.91. The number of nitrogens with zero attached hydrogens (tertiary/aromatic N) is 1. The molecule has 0 unspecified atom stereocenters. The van der Waals surface area contributed by atoms with Crippen molar-refractivity contribution < 1.29 is 18.0 Å². The number of anilines is 1. The zero-order valence-corrected chi connectivity index (χ0v) is 18.9. The van der Waals surface area contributed by atoms with Crippen LogP contribution in [0.1, 0.15) is 48.0 Å². The van der Waals surface area contributed by atoms with Gasteiger partial charge in [-0.15, -0.1) is 0 Å². The number of benzene rings is 2. The van der Waals surface area contributed by atoms with Crippen molar-refractivity contribution >= 4 is 27.5 Å². The van der Waals surface area contributed by atoms with Crippen molar-refractivity contribution in [1.29, 1.82) is 0 Å². The number of hydrogen-bond acceptors (Lipinski definition) is 4. The highest BCUT2D eigenvalue weighted by Gasteiger charge is 2.31. The second-order valence-corrected chi connectivity index (χ2v) is 10.2. The van der Waals surface area contributed by atoms with E-state index in [-0.39, 0.29) is 34.7 Å². The molecule has 1 saturated carbocycles. The fraction of sp³-hybridized carbons (Fsp3) is 0.417. The Bertz CT molecular complexity index is 1090. The Hall–Kier alpha value is -2.87. The summed E-state index contributed by atoms with van der Waals surface area (Å²) in [6, 6.07) is 13.5. The monoisotopic (exact) mass is 455 g/mol. The summed E-state index contributed by atoms with van der Waals surface area (Å²) < 4.78 is 27.8. The maximum atomic E-state index is 13.2.